The van der Waals surface area contributed by atoms with Gasteiger partial charge in [-0.1, -0.05) is 11.6 Å². The zero-order chi connectivity index (χ0) is 12.3. The SMILES string of the molecule is CC(Nc1ccc(Cl)c(C#N)c1)C(C)(C)O. The molecule has 0 amide bonds. The Morgan fingerprint density at radius 2 is 2.12 bits per heavy atom. The van der Waals surface area contributed by atoms with Crippen molar-refractivity contribution < 1.29 is 5.11 Å². The summed E-state index contributed by atoms with van der Waals surface area (Å²) >= 11 is 5.82. The van der Waals surface area contributed by atoms with E-state index >= 15 is 0 Å². The maximum absolute atomic E-state index is 9.77. The molecule has 0 aliphatic rings. The molecular weight excluding hydrogens is 224 g/mol. The highest BCUT2D eigenvalue weighted by Crippen LogP contribution is 2.21. The molecule has 0 aromatic heterocycles. The highest BCUT2D eigenvalue weighted by molar-refractivity contribution is 6.31. The van der Waals surface area contributed by atoms with Crippen molar-refractivity contribution in [2.75, 3.05) is 5.32 Å². The van der Waals surface area contributed by atoms with Crippen molar-refractivity contribution in [1.82, 2.24) is 0 Å². The van der Waals surface area contributed by atoms with Crippen molar-refractivity contribution >= 4 is 17.3 Å². The van der Waals surface area contributed by atoms with E-state index in [0.29, 0.717) is 10.6 Å². The summed E-state index contributed by atoms with van der Waals surface area (Å²) in [5.74, 6) is 0. The van der Waals surface area contributed by atoms with Crippen LogP contribution >= 0.6 is 11.6 Å². The molecule has 0 aliphatic carbocycles. The molecule has 1 atom stereocenters. The number of halogens is 1. The van der Waals surface area contributed by atoms with Crippen LogP contribution in [-0.2, 0) is 0 Å². The summed E-state index contributed by atoms with van der Waals surface area (Å²) in [7, 11) is 0. The van der Waals surface area contributed by atoms with Crippen LogP contribution in [0.5, 0.6) is 0 Å². The summed E-state index contributed by atoms with van der Waals surface area (Å²) in [5, 5.41) is 22.2. The lowest BCUT2D eigenvalue weighted by molar-refractivity contribution is 0.0649. The number of benzene rings is 1. The van der Waals surface area contributed by atoms with Crippen LogP contribution in [0, 0.1) is 11.3 Å². The topological polar surface area (TPSA) is 56.0 Å². The van der Waals surface area contributed by atoms with Crippen molar-refractivity contribution in [2.45, 2.75) is 32.4 Å². The van der Waals surface area contributed by atoms with E-state index in [1.165, 1.54) is 0 Å². The van der Waals surface area contributed by atoms with Crippen LogP contribution in [0.25, 0.3) is 0 Å². The number of nitriles is 1. The fourth-order valence-electron chi connectivity index (χ4n) is 1.13. The number of aliphatic hydroxyl groups is 1. The normalized spacial score (nSPS) is 13.0. The third kappa shape index (κ3) is 3.13. The van der Waals surface area contributed by atoms with Crippen LogP contribution in [-0.4, -0.2) is 16.7 Å². The maximum Gasteiger partial charge on any atom is 0.101 e. The van der Waals surface area contributed by atoms with Crippen molar-refractivity contribution in [2.24, 2.45) is 0 Å². The lowest BCUT2D eigenvalue weighted by Gasteiger charge is -2.27. The van der Waals surface area contributed by atoms with E-state index in [1.807, 2.05) is 13.0 Å². The minimum Gasteiger partial charge on any atom is -0.388 e. The predicted octanol–water partition coefficient (Wildman–Crippen LogP) is 2.78. The average Bonchev–Trinajstić information content (AvgIpc) is 2.19. The van der Waals surface area contributed by atoms with Gasteiger partial charge < -0.3 is 10.4 Å². The summed E-state index contributed by atoms with van der Waals surface area (Å²) in [6.07, 6.45) is 0. The van der Waals surface area contributed by atoms with E-state index in [4.69, 9.17) is 16.9 Å². The van der Waals surface area contributed by atoms with Gasteiger partial charge in [0.2, 0.25) is 0 Å². The molecule has 3 nitrogen and oxygen atoms in total. The Hall–Kier alpha value is -1.24. The molecule has 0 fully saturated rings. The summed E-state index contributed by atoms with van der Waals surface area (Å²) < 4.78 is 0. The Balaban J connectivity index is 2.88. The third-order valence-corrected chi connectivity index (χ3v) is 2.86. The Kier molecular flexibility index (Phi) is 3.79. The van der Waals surface area contributed by atoms with E-state index in [0.717, 1.165) is 5.69 Å². The monoisotopic (exact) mass is 238 g/mol. The van der Waals surface area contributed by atoms with E-state index < -0.39 is 5.60 Å². The highest BCUT2D eigenvalue weighted by Gasteiger charge is 2.21. The smallest absolute Gasteiger partial charge is 0.101 e. The fourth-order valence-corrected chi connectivity index (χ4v) is 1.29. The van der Waals surface area contributed by atoms with Crippen molar-refractivity contribution in [3.8, 4) is 6.07 Å². The molecule has 1 rings (SSSR count). The highest BCUT2D eigenvalue weighted by atomic mass is 35.5. The molecule has 86 valence electrons. The molecule has 1 aromatic carbocycles. The van der Waals surface area contributed by atoms with Crippen molar-refractivity contribution in [3.05, 3.63) is 28.8 Å². The van der Waals surface area contributed by atoms with Gasteiger partial charge in [0, 0.05) is 5.69 Å². The molecule has 0 saturated carbocycles. The molecule has 0 spiro atoms. The van der Waals surface area contributed by atoms with Crippen molar-refractivity contribution in [3.63, 3.8) is 0 Å². The van der Waals surface area contributed by atoms with Gasteiger partial charge in [0.15, 0.2) is 0 Å². The van der Waals surface area contributed by atoms with Gasteiger partial charge in [0.05, 0.1) is 22.2 Å². The van der Waals surface area contributed by atoms with E-state index in [2.05, 4.69) is 5.32 Å². The Bertz CT molecular complexity index is 418. The van der Waals surface area contributed by atoms with E-state index in [-0.39, 0.29) is 6.04 Å². The van der Waals surface area contributed by atoms with E-state index in [1.54, 1.807) is 32.0 Å². The van der Waals surface area contributed by atoms with Crippen LogP contribution in [0.2, 0.25) is 5.02 Å². The molecule has 4 heteroatoms. The fraction of sp³-hybridized carbons (Fsp3) is 0.417. The lowest BCUT2D eigenvalue weighted by atomic mass is 10.0. The molecule has 1 aromatic rings. The molecule has 0 bridgehead atoms. The van der Waals surface area contributed by atoms with Crippen molar-refractivity contribution in [1.29, 1.82) is 5.26 Å². The third-order valence-electron chi connectivity index (χ3n) is 2.53. The van der Waals surface area contributed by atoms with Gasteiger partial charge in [-0.05, 0) is 39.0 Å². The summed E-state index contributed by atoms with van der Waals surface area (Å²) in [6, 6.07) is 7.01. The first-order valence-corrected chi connectivity index (χ1v) is 5.41. The minimum absolute atomic E-state index is 0.125. The van der Waals surface area contributed by atoms with Crippen LogP contribution in [0.15, 0.2) is 18.2 Å². The molecule has 0 saturated heterocycles. The molecule has 2 N–H and O–H groups in total. The summed E-state index contributed by atoms with van der Waals surface area (Å²) in [5.41, 5.74) is 0.372. The first-order chi connectivity index (χ1) is 7.34. The second-order valence-corrected chi connectivity index (χ2v) is 4.73. The van der Waals surface area contributed by atoms with Crippen LogP contribution in [0.3, 0.4) is 0 Å². The molecule has 0 radical (unpaired) electrons. The Morgan fingerprint density at radius 1 is 1.50 bits per heavy atom. The average molecular weight is 239 g/mol. The van der Waals surface area contributed by atoms with Gasteiger partial charge >= 0.3 is 0 Å². The van der Waals surface area contributed by atoms with Gasteiger partial charge in [0.25, 0.3) is 0 Å². The number of rotatable bonds is 3. The molecule has 0 aliphatic heterocycles. The summed E-state index contributed by atoms with van der Waals surface area (Å²) in [4.78, 5) is 0. The van der Waals surface area contributed by atoms with Gasteiger partial charge in [0.1, 0.15) is 6.07 Å². The van der Waals surface area contributed by atoms with Crippen LogP contribution < -0.4 is 5.32 Å². The lowest BCUT2D eigenvalue weighted by Crippen LogP contribution is -2.39. The first kappa shape index (κ1) is 12.8. The quantitative estimate of drug-likeness (QED) is 0.852. The van der Waals surface area contributed by atoms with Gasteiger partial charge in [-0.25, -0.2) is 0 Å². The second-order valence-electron chi connectivity index (χ2n) is 4.33. The largest absolute Gasteiger partial charge is 0.388 e. The number of nitrogens with zero attached hydrogens (tertiary/aromatic N) is 1. The predicted molar refractivity (Wildman–Crippen MR) is 65.5 cm³/mol. The van der Waals surface area contributed by atoms with Gasteiger partial charge in [-0.2, -0.15) is 5.26 Å². The Morgan fingerprint density at radius 3 is 2.62 bits per heavy atom. The van der Waals surface area contributed by atoms with Crippen LogP contribution in [0.4, 0.5) is 5.69 Å². The summed E-state index contributed by atoms with van der Waals surface area (Å²) in [6.45, 7) is 5.33. The number of nitrogens with one attached hydrogen (secondary N) is 1. The maximum atomic E-state index is 9.77. The zero-order valence-electron chi connectivity index (χ0n) is 9.58. The molecular formula is C12H15ClN2O. The standard InChI is InChI=1S/C12H15ClN2O/c1-8(12(2,3)16)15-10-4-5-11(13)9(6-10)7-14/h4-6,8,15-16H,1-3H3. The Labute approximate surface area is 101 Å². The molecule has 0 heterocycles. The van der Waals surface area contributed by atoms with Gasteiger partial charge in [-0.3, -0.25) is 0 Å². The molecule has 1 unspecified atom stereocenters. The van der Waals surface area contributed by atoms with E-state index in [9.17, 15) is 5.11 Å². The van der Waals surface area contributed by atoms with Crippen LogP contribution in [0.1, 0.15) is 26.3 Å². The number of hydrogen-bond donors (Lipinski definition) is 2. The minimum atomic E-state index is -0.827. The number of hydrogen-bond acceptors (Lipinski definition) is 3. The number of anilines is 1. The zero-order valence-corrected chi connectivity index (χ0v) is 10.3. The van der Waals surface area contributed by atoms with Gasteiger partial charge in [-0.15, -0.1) is 0 Å². The second kappa shape index (κ2) is 4.73. The molecule has 16 heavy (non-hydrogen) atoms. The first-order valence-electron chi connectivity index (χ1n) is 5.03.